The minimum absolute atomic E-state index is 0.0431. The predicted molar refractivity (Wildman–Crippen MR) is 92.2 cm³/mol. The molecule has 1 fully saturated rings. The zero-order valence-corrected chi connectivity index (χ0v) is 14.4. The average Bonchev–Trinajstić information content (AvgIpc) is 2.52. The van der Waals surface area contributed by atoms with Crippen LogP contribution in [0.5, 0.6) is 0 Å². The van der Waals surface area contributed by atoms with Gasteiger partial charge in [0, 0.05) is 17.8 Å². The standard InChI is InChI=1S/C17H23ClFN3O2/c1-10(20)8-11-4-2-3-5-15(11)22-17(24)16(23)21-12-6-7-13(18)14(19)9-12/h6-7,9-11,15H,2-5,8,20H2,1H3,(H,21,23)(H,22,24). The van der Waals surface area contributed by atoms with Gasteiger partial charge >= 0.3 is 11.8 Å². The third kappa shape index (κ3) is 5.18. The van der Waals surface area contributed by atoms with E-state index < -0.39 is 17.6 Å². The molecule has 4 N–H and O–H groups in total. The minimum atomic E-state index is -0.818. The topological polar surface area (TPSA) is 84.2 Å². The SMILES string of the molecule is CC(N)CC1CCCCC1NC(=O)C(=O)Nc1ccc(Cl)c(F)c1. The zero-order chi connectivity index (χ0) is 17.7. The first-order valence-electron chi connectivity index (χ1n) is 8.19. The summed E-state index contributed by atoms with van der Waals surface area (Å²) in [4.78, 5) is 24.1. The number of amides is 2. The molecule has 2 amide bonds. The van der Waals surface area contributed by atoms with Crippen molar-refractivity contribution in [1.29, 1.82) is 0 Å². The van der Waals surface area contributed by atoms with Crippen LogP contribution in [0.1, 0.15) is 39.0 Å². The third-order valence-corrected chi connectivity index (χ3v) is 4.59. The Morgan fingerprint density at radius 2 is 2.04 bits per heavy atom. The van der Waals surface area contributed by atoms with E-state index in [9.17, 15) is 14.0 Å². The van der Waals surface area contributed by atoms with Gasteiger partial charge in [-0.3, -0.25) is 9.59 Å². The summed E-state index contributed by atoms with van der Waals surface area (Å²) in [6.45, 7) is 1.94. The summed E-state index contributed by atoms with van der Waals surface area (Å²) in [5.41, 5.74) is 6.05. The summed E-state index contributed by atoms with van der Waals surface area (Å²) in [5.74, 6) is -1.91. The van der Waals surface area contributed by atoms with Gasteiger partial charge in [0.2, 0.25) is 0 Å². The van der Waals surface area contributed by atoms with Crippen LogP contribution in [0.4, 0.5) is 10.1 Å². The normalized spacial score (nSPS) is 21.8. The molecule has 3 unspecified atom stereocenters. The van der Waals surface area contributed by atoms with Crippen LogP contribution in [0.2, 0.25) is 5.02 Å². The molecule has 0 bridgehead atoms. The third-order valence-electron chi connectivity index (χ3n) is 4.28. The molecule has 0 heterocycles. The van der Waals surface area contributed by atoms with Crippen molar-refractivity contribution in [3.8, 4) is 0 Å². The van der Waals surface area contributed by atoms with Crippen LogP contribution in [0.25, 0.3) is 0 Å². The van der Waals surface area contributed by atoms with Crippen LogP contribution in [-0.2, 0) is 9.59 Å². The molecule has 1 aliphatic carbocycles. The van der Waals surface area contributed by atoms with Gasteiger partial charge < -0.3 is 16.4 Å². The van der Waals surface area contributed by atoms with Crippen molar-refractivity contribution in [2.24, 2.45) is 11.7 Å². The molecule has 0 spiro atoms. The Hall–Kier alpha value is -1.66. The average molecular weight is 356 g/mol. The fraction of sp³-hybridized carbons (Fsp3) is 0.529. The van der Waals surface area contributed by atoms with Gasteiger partial charge in [-0.1, -0.05) is 24.4 Å². The molecule has 0 radical (unpaired) electrons. The maximum absolute atomic E-state index is 13.4. The van der Waals surface area contributed by atoms with E-state index in [1.807, 2.05) is 6.92 Å². The van der Waals surface area contributed by atoms with Gasteiger partial charge in [0.25, 0.3) is 0 Å². The van der Waals surface area contributed by atoms with E-state index >= 15 is 0 Å². The number of rotatable bonds is 4. The fourth-order valence-electron chi connectivity index (χ4n) is 3.15. The summed E-state index contributed by atoms with van der Waals surface area (Å²) in [6.07, 6.45) is 4.78. The van der Waals surface area contributed by atoms with Crippen LogP contribution in [0.3, 0.4) is 0 Å². The maximum Gasteiger partial charge on any atom is 0.313 e. The Morgan fingerprint density at radius 1 is 1.33 bits per heavy atom. The molecule has 1 aromatic carbocycles. The predicted octanol–water partition coefficient (Wildman–Crippen LogP) is 2.83. The summed E-state index contributed by atoms with van der Waals surface area (Å²) < 4.78 is 13.4. The first-order valence-corrected chi connectivity index (χ1v) is 8.57. The largest absolute Gasteiger partial charge is 0.345 e. The lowest BCUT2D eigenvalue weighted by Gasteiger charge is -2.33. The van der Waals surface area contributed by atoms with E-state index in [2.05, 4.69) is 10.6 Å². The molecule has 0 aromatic heterocycles. The molecule has 1 saturated carbocycles. The number of nitrogens with one attached hydrogen (secondary N) is 2. The monoisotopic (exact) mass is 355 g/mol. The molecule has 2 rings (SSSR count). The first kappa shape index (κ1) is 18.7. The van der Waals surface area contributed by atoms with Gasteiger partial charge in [-0.15, -0.1) is 0 Å². The maximum atomic E-state index is 13.4. The highest BCUT2D eigenvalue weighted by molar-refractivity contribution is 6.39. The zero-order valence-electron chi connectivity index (χ0n) is 13.6. The van der Waals surface area contributed by atoms with Gasteiger partial charge in [-0.25, -0.2) is 4.39 Å². The van der Waals surface area contributed by atoms with Gasteiger partial charge in [0.05, 0.1) is 5.02 Å². The van der Waals surface area contributed by atoms with Crippen LogP contribution in [0.15, 0.2) is 18.2 Å². The van der Waals surface area contributed by atoms with E-state index in [-0.39, 0.29) is 28.7 Å². The van der Waals surface area contributed by atoms with E-state index in [0.29, 0.717) is 0 Å². The fourth-order valence-corrected chi connectivity index (χ4v) is 3.27. The van der Waals surface area contributed by atoms with Gasteiger partial charge in [-0.05, 0) is 50.3 Å². The van der Waals surface area contributed by atoms with E-state index in [1.54, 1.807) is 0 Å². The van der Waals surface area contributed by atoms with Gasteiger partial charge in [-0.2, -0.15) is 0 Å². The van der Waals surface area contributed by atoms with Gasteiger partial charge in [0.15, 0.2) is 0 Å². The van der Waals surface area contributed by atoms with Crippen molar-refractivity contribution in [3.05, 3.63) is 29.0 Å². The smallest absolute Gasteiger partial charge is 0.313 e. The Bertz CT molecular complexity index is 609. The van der Waals surface area contributed by atoms with E-state index in [4.69, 9.17) is 17.3 Å². The summed E-state index contributed by atoms with van der Waals surface area (Å²) in [5, 5.41) is 5.13. The molecule has 0 aliphatic heterocycles. The van der Waals surface area contributed by atoms with Crippen LogP contribution in [0, 0.1) is 11.7 Å². The number of nitrogens with two attached hydrogens (primary N) is 1. The van der Waals surface area contributed by atoms with Crippen LogP contribution in [-0.4, -0.2) is 23.9 Å². The highest BCUT2D eigenvalue weighted by Gasteiger charge is 2.29. The van der Waals surface area contributed by atoms with Gasteiger partial charge in [0.1, 0.15) is 5.82 Å². The van der Waals surface area contributed by atoms with E-state index in [1.165, 1.54) is 12.1 Å². The molecule has 5 nitrogen and oxygen atoms in total. The lowest BCUT2D eigenvalue weighted by Crippen LogP contribution is -2.47. The molecule has 1 aliphatic rings. The number of carbonyl (C=O) groups excluding carboxylic acids is 2. The number of hydrogen-bond donors (Lipinski definition) is 3. The highest BCUT2D eigenvalue weighted by Crippen LogP contribution is 2.28. The number of anilines is 1. The summed E-state index contributed by atoms with van der Waals surface area (Å²) in [6, 6.07) is 3.84. The van der Waals surface area contributed by atoms with Crippen molar-refractivity contribution >= 4 is 29.1 Å². The lowest BCUT2D eigenvalue weighted by molar-refractivity contribution is -0.137. The number of carbonyl (C=O) groups is 2. The van der Waals surface area contributed by atoms with Crippen molar-refractivity contribution in [1.82, 2.24) is 5.32 Å². The Morgan fingerprint density at radius 3 is 2.71 bits per heavy atom. The van der Waals surface area contributed by atoms with Crippen LogP contribution < -0.4 is 16.4 Å². The molecule has 3 atom stereocenters. The van der Waals surface area contributed by atoms with Crippen molar-refractivity contribution < 1.29 is 14.0 Å². The van der Waals surface area contributed by atoms with Crippen molar-refractivity contribution in [2.75, 3.05) is 5.32 Å². The number of benzene rings is 1. The van der Waals surface area contributed by atoms with Crippen molar-refractivity contribution in [3.63, 3.8) is 0 Å². The number of halogens is 2. The molecular formula is C17H23ClFN3O2. The molecule has 7 heteroatoms. The molecule has 0 saturated heterocycles. The Labute approximate surface area is 146 Å². The molecular weight excluding hydrogens is 333 g/mol. The highest BCUT2D eigenvalue weighted by atomic mass is 35.5. The summed E-state index contributed by atoms with van der Waals surface area (Å²) in [7, 11) is 0. The second kappa shape index (κ2) is 8.44. The summed E-state index contributed by atoms with van der Waals surface area (Å²) >= 11 is 5.59. The van der Waals surface area contributed by atoms with Crippen LogP contribution >= 0.6 is 11.6 Å². The lowest BCUT2D eigenvalue weighted by atomic mass is 9.81. The molecule has 1 aromatic rings. The second-order valence-corrected chi connectivity index (χ2v) is 6.83. The number of hydrogen-bond acceptors (Lipinski definition) is 3. The quantitative estimate of drug-likeness (QED) is 0.726. The minimum Gasteiger partial charge on any atom is -0.345 e. The first-order chi connectivity index (χ1) is 11.4. The van der Waals surface area contributed by atoms with Crippen molar-refractivity contribution in [2.45, 2.75) is 51.1 Å². The van der Waals surface area contributed by atoms with E-state index in [0.717, 1.165) is 38.2 Å². The molecule has 132 valence electrons. The second-order valence-electron chi connectivity index (χ2n) is 6.42. The molecule has 24 heavy (non-hydrogen) atoms. The Kier molecular flexibility index (Phi) is 6.57. The Balaban J connectivity index is 1.94.